The summed E-state index contributed by atoms with van der Waals surface area (Å²) in [7, 11) is 4.30. The van der Waals surface area contributed by atoms with E-state index in [4.69, 9.17) is 9.97 Å². The maximum Gasteiger partial charge on any atom is 0.247 e. The van der Waals surface area contributed by atoms with E-state index in [2.05, 4.69) is 64.9 Å². The number of fused-ring (bicyclic) bond motifs is 1. The van der Waals surface area contributed by atoms with Crippen molar-refractivity contribution in [3.05, 3.63) is 43.2 Å². The zero-order valence-corrected chi connectivity index (χ0v) is 20.4. The van der Waals surface area contributed by atoms with Crippen molar-refractivity contribution in [3.8, 4) is 0 Å². The number of benzene rings is 1. The van der Waals surface area contributed by atoms with Crippen LogP contribution in [0.3, 0.4) is 0 Å². The second kappa shape index (κ2) is 10.2. The Morgan fingerprint density at radius 1 is 1.18 bits per heavy atom. The quantitative estimate of drug-likeness (QED) is 0.422. The van der Waals surface area contributed by atoms with Gasteiger partial charge in [0.1, 0.15) is 0 Å². The molecule has 3 aromatic rings. The summed E-state index contributed by atoms with van der Waals surface area (Å²) in [5, 5.41) is 9.74. The van der Waals surface area contributed by atoms with Crippen LogP contribution in [0.5, 0.6) is 0 Å². The first-order chi connectivity index (χ1) is 16.3. The van der Waals surface area contributed by atoms with Gasteiger partial charge in [0, 0.05) is 29.5 Å². The average molecular weight is 463 g/mol. The maximum absolute atomic E-state index is 11.7. The van der Waals surface area contributed by atoms with Crippen LogP contribution < -0.4 is 16.0 Å². The van der Waals surface area contributed by atoms with Crippen LogP contribution in [0.15, 0.2) is 43.2 Å². The number of nitrogens with one attached hydrogen (secondary N) is 3. The Bertz CT molecular complexity index is 1160. The number of imidazole rings is 1. The number of nitrogens with zero attached hydrogens (tertiary/aromatic N) is 5. The zero-order chi connectivity index (χ0) is 24.2. The average Bonchev–Trinajstić information content (AvgIpc) is 3.24. The molecule has 0 bridgehead atoms. The molecular weight excluding hydrogens is 428 g/mol. The van der Waals surface area contributed by atoms with Crippen LogP contribution in [0.4, 0.5) is 23.1 Å². The molecule has 9 nitrogen and oxygen atoms in total. The molecule has 0 radical (unpaired) electrons. The molecule has 4 rings (SSSR count). The van der Waals surface area contributed by atoms with Gasteiger partial charge in [0.25, 0.3) is 0 Å². The summed E-state index contributed by atoms with van der Waals surface area (Å²) in [4.78, 5) is 28.2. The van der Waals surface area contributed by atoms with Crippen LogP contribution in [-0.4, -0.2) is 56.5 Å². The number of hydrogen-bond donors (Lipinski definition) is 3. The Labute approximate surface area is 200 Å². The van der Waals surface area contributed by atoms with E-state index in [1.807, 2.05) is 30.6 Å². The molecule has 1 aliphatic carbocycles. The summed E-state index contributed by atoms with van der Waals surface area (Å²) in [5.41, 5.74) is 2.95. The summed E-state index contributed by atoms with van der Waals surface area (Å²) in [6, 6.07) is 8.66. The van der Waals surface area contributed by atoms with E-state index < -0.39 is 0 Å². The second-order valence-electron chi connectivity index (χ2n) is 9.33. The Balaban J connectivity index is 1.62. The number of aromatic nitrogens is 4. The van der Waals surface area contributed by atoms with Crippen molar-refractivity contribution in [3.63, 3.8) is 0 Å². The summed E-state index contributed by atoms with van der Waals surface area (Å²) >= 11 is 0. The van der Waals surface area contributed by atoms with Crippen molar-refractivity contribution in [2.75, 3.05) is 30.0 Å². The van der Waals surface area contributed by atoms with Gasteiger partial charge in [-0.3, -0.25) is 4.79 Å². The number of hydrogen-bond acceptors (Lipinski definition) is 7. The Kier molecular flexibility index (Phi) is 7.12. The van der Waals surface area contributed by atoms with Crippen molar-refractivity contribution >= 4 is 40.2 Å². The highest BCUT2D eigenvalue weighted by Gasteiger charge is 2.24. The third kappa shape index (κ3) is 5.36. The molecule has 9 heteroatoms. The van der Waals surface area contributed by atoms with E-state index in [0.717, 1.165) is 37.0 Å². The molecule has 1 saturated carbocycles. The van der Waals surface area contributed by atoms with Crippen LogP contribution in [0.25, 0.3) is 11.2 Å². The molecular formula is C25H34N8O. The van der Waals surface area contributed by atoms with Crippen LogP contribution in [-0.2, 0) is 4.79 Å². The van der Waals surface area contributed by atoms with Gasteiger partial charge in [-0.15, -0.1) is 0 Å². The van der Waals surface area contributed by atoms with Gasteiger partial charge in [-0.05, 0) is 77.9 Å². The third-order valence-electron chi connectivity index (χ3n) is 6.32. The molecule has 0 saturated heterocycles. The van der Waals surface area contributed by atoms with Crippen molar-refractivity contribution < 1.29 is 4.79 Å². The van der Waals surface area contributed by atoms with Crippen molar-refractivity contribution in [2.24, 2.45) is 0 Å². The maximum atomic E-state index is 11.7. The van der Waals surface area contributed by atoms with Crippen LogP contribution in [0.2, 0.25) is 0 Å². The highest BCUT2D eigenvalue weighted by Crippen LogP contribution is 2.29. The molecule has 0 unspecified atom stereocenters. The van der Waals surface area contributed by atoms with Gasteiger partial charge in [0.15, 0.2) is 17.0 Å². The topological polar surface area (TPSA) is 100 Å². The highest BCUT2D eigenvalue weighted by atomic mass is 16.1. The first kappa shape index (κ1) is 23.7. The predicted octanol–water partition coefficient (Wildman–Crippen LogP) is 4.56. The van der Waals surface area contributed by atoms with Crippen LogP contribution in [0.1, 0.15) is 45.6 Å². The lowest BCUT2D eigenvalue weighted by atomic mass is 9.91. The molecule has 1 fully saturated rings. The molecule has 3 N–H and O–H groups in total. The van der Waals surface area contributed by atoms with E-state index in [1.54, 1.807) is 0 Å². The Morgan fingerprint density at radius 3 is 2.59 bits per heavy atom. The summed E-state index contributed by atoms with van der Waals surface area (Å²) in [5.74, 6) is 0.968. The molecule has 0 atom stereocenters. The van der Waals surface area contributed by atoms with Crippen molar-refractivity contribution in [2.45, 2.75) is 57.7 Å². The summed E-state index contributed by atoms with van der Waals surface area (Å²) in [6.45, 7) is 7.72. The smallest absolute Gasteiger partial charge is 0.247 e. The molecule has 2 aromatic heterocycles. The minimum atomic E-state index is -0.257. The SMILES string of the molecule is C=CC(=O)Nc1cccc(Nc2nc(N[C@H]3CC[C@@H](N(C)C)CC3)nc3c2ncn3C(C)C)c1. The fourth-order valence-corrected chi connectivity index (χ4v) is 4.37. The van der Waals surface area contributed by atoms with Crippen LogP contribution in [0, 0.1) is 0 Å². The van der Waals surface area contributed by atoms with E-state index in [9.17, 15) is 4.79 Å². The monoisotopic (exact) mass is 462 g/mol. The predicted molar refractivity (Wildman–Crippen MR) is 138 cm³/mol. The van der Waals surface area contributed by atoms with Crippen molar-refractivity contribution in [1.82, 2.24) is 24.4 Å². The van der Waals surface area contributed by atoms with Gasteiger partial charge < -0.3 is 25.4 Å². The highest BCUT2D eigenvalue weighted by molar-refractivity contribution is 5.99. The standard InChI is InChI=1S/C25H34N8O/c1-6-21(34)27-18-8-7-9-19(14-18)28-23-22-24(33(15-26-22)16(2)3)31-25(30-23)29-17-10-12-20(13-11-17)32(4)5/h6-9,14-17,20H,1,10-13H2,2-5H3,(H,27,34)(H2,28,29,30,31)/t17-,20+. The van der Waals surface area contributed by atoms with Gasteiger partial charge >= 0.3 is 0 Å². The molecule has 0 aliphatic heterocycles. The molecule has 2 heterocycles. The third-order valence-corrected chi connectivity index (χ3v) is 6.32. The second-order valence-corrected chi connectivity index (χ2v) is 9.33. The van der Waals surface area contributed by atoms with E-state index >= 15 is 0 Å². The zero-order valence-electron chi connectivity index (χ0n) is 20.4. The van der Waals surface area contributed by atoms with Crippen molar-refractivity contribution in [1.29, 1.82) is 0 Å². The molecule has 180 valence electrons. The van der Waals surface area contributed by atoms with Gasteiger partial charge in [-0.25, -0.2) is 4.98 Å². The Hall–Kier alpha value is -3.46. The summed E-state index contributed by atoms with van der Waals surface area (Å²) in [6.07, 6.45) is 7.54. The first-order valence-electron chi connectivity index (χ1n) is 11.8. The van der Waals surface area contributed by atoms with Crippen LogP contribution >= 0.6 is 0 Å². The molecule has 34 heavy (non-hydrogen) atoms. The number of rotatable bonds is 8. The first-order valence-corrected chi connectivity index (χ1v) is 11.8. The number of amides is 1. The minimum Gasteiger partial charge on any atom is -0.351 e. The molecule has 1 amide bonds. The molecule has 1 aromatic carbocycles. The van der Waals surface area contributed by atoms with E-state index in [1.165, 1.54) is 6.08 Å². The fraction of sp³-hybridized carbons (Fsp3) is 0.440. The van der Waals surface area contributed by atoms with Gasteiger partial charge in [-0.1, -0.05) is 12.6 Å². The normalized spacial score (nSPS) is 18.3. The van der Waals surface area contributed by atoms with Gasteiger partial charge in [-0.2, -0.15) is 9.97 Å². The van der Waals surface area contributed by atoms with Gasteiger partial charge in [0.05, 0.1) is 6.33 Å². The molecule has 0 spiro atoms. The molecule has 1 aliphatic rings. The lowest BCUT2D eigenvalue weighted by molar-refractivity contribution is -0.111. The number of carbonyl (C=O) groups excluding carboxylic acids is 1. The van der Waals surface area contributed by atoms with E-state index in [-0.39, 0.29) is 11.9 Å². The van der Waals surface area contributed by atoms with E-state index in [0.29, 0.717) is 35.1 Å². The summed E-state index contributed by atoms with van der Waals surface area (Å²) < 4.78 is 2.05. The number of anilines is 4. The fourth-order valence-electron chi connectivity index (χ4n) is 4.37. The van der Waals surface area contributed by atoms with Gasteiger partial charge in [0.2, 0.25) is 11.9 Å². The lowest BCUT2D eigenvalue weighted by Crippen LogP contribution is -2.36. The number of carbonyl (C=O) groups is 1. The Morgan fingerprint density at radius 2 is 1.91 bits per heavy atom. The largest absolute Gasteiger partial charge is 0.351 e. The lowest BCUT2D eigenvalue weighted by Gasteiger charge is -2.33. The minimum absolute atomic E-state index is 0.216.